The largest absolute Gasteiger partial charge is 0.298 e. The van der Waals surface area contributed by atoms with Gasteiger partial charge in [0.15, 0.2) is 0 Å². The van der Waals surface area contributed by atoms with E-state index in [9.17, 15) is 4.79 Å². The van der Waals surface area contributed by atoms with Gasteiger partial charge in [-0.25, -0.2) is 0 Å². The Labute approximate surface area is 102 Å². The summed E-state index contributed by atoms with van der Waals surface area (Å²) >= 11 is 6.21. The number of Topliss-reactive ketones (excluding diaryl/α,β-unsaturated/α-hetero) is 1. The van der Waals surface area contributed by atoms with Crippen molar-refractivity contribution < 1.29 is 4.79 Å². The minimum Gasteiger partial charge on any atom is -0.298 e. The molecule has 0 aliphatic heterocycles. The third-order valence-corrected chi connectivity index (χ3v) is 4.10. The first kappa shape index (κ1) is 11.7. The van der Waals surface area contributed by atoms with Gasteiger partial charge in [-0.1, -0.05) is 43.1 Å². The molecular formula is C14H17ClO. The Kier molecular flexibility index (Phi) is 3.07. The Hall–Kier alpha value is -0.820. The molecule has 2 rings (SSSR count). The van der Waals surface area contributed by atoms with Gasteiger partial charge in [-0.15, -0.1) is 0 Å². The molecule has 0 radical (unpaired) electrons. The molecule has 1 saturated carbocycles. The lowest BCUT2D eigenvalue weighted by molar-refractivity contribution is -0.129. The van der Waals surface area contributed by atoms with Gasteiger partial charge in [0.25, 0.3) is 0 Å². The molecule has 16 heavy (non-hydrogen) atoms. The first-order valence-electron chi connectivity index (χ1n) is 5.85. The summed E-state index contributed by atoms with van der Waals surface area (Å²) in [7, 11) is 0. The van der Waals surface area contributed by atoms with Crippen LogP contribution in [0.5, 0.6) is 0 Å². The van der Waals surface area contributed by atoms with Crippen molar-refractivity contribution in [3.63, 3.8) is 0 Å². The molecule has 2 unspecified atom stereocenters. The SMILES string of the molecule is CC1CCCC(C)(c2ccccc2Cl)C1=O. The second-order valence-corrected chi connectivity index (χ2v) is 5.38. The van der Waals surface area contributed by atoms with E-state index < -0.39 is 0 Å². The van der Waals surface area contributed by atoms with E-state index in [-0.39, 0.29) is 11.3 Å². The molecular weight excluding hydrogens is 220 g/mol. The molecule has 1 aliphatic rings. The molecule has 0 aromatic heterocycles. The molecule has 86 valence electrons. The number of halogens is 1. The van der Waals surface area contributed by atoms with Crippen LogP contribution < -0.4 is 0 Å². The lowest BCUT2D eigenvalue weighted by atomic mass is 9.66. The highest BCUT2D eigenvalue weighted by molar-refractivity contribution is 6.31. The predicted molar refractivity (Wildman–Crippen MR) is 66.8 cm³/mol. The van der Waals surface area contributed by atoms with Gasteiger partial charge in [0.05, 0.1) is 5.41 Å². The standard InChI is InChI=1S/C14H17ClO/c1-10-6-5-9-14(2,13(10)16)11-7-3-4-8-12(11)15/h3-4,7-8,10H,5-6,9H2,1-2H3. The molecule has 1 aromatic rings. The second-order valence-electron chi connectivity index (χ2n) is 4.97. The van der Waals surface area contributed by atoms with Gasteiger partial charge in [-0.2, -0.15) is 0 Å². The molecule has 0 N–H and O–H groups in total. The fraction of sp³-hybridized carbons (Fsp3) is 0.500. The van der Waals surface area contributed by atoms with E-state index in [2.05, 4.69) is 0 Å². The van der Waals surface area contributed by atoms with Crippen LogP contribution in [0.2, 0.25) is 5.02 Å². The first-order valence-corrected chi connectivity index (χ1v) is 6.23. The van der Waals surface area contributed by atoms with Crippen molar-refractivity contribution in [2.45, 2.75) is 38.5 Å². The van der Waals surface area contributed by atoms with Gasteiger partial charge in [0, 0.05) is 10.9 Å². The van der Waals surface area contributed by atoms with Crippen molar-refractivity contribution in [3.8, 4) is 0 Å². The minimum atomic E-state index is -0.379. The molecule has 0 saturated heterocycles. The van der Waals surface area contributed by atoms with Gasteiger partial charge in [0.2, 0.25) is 0 Å². The molecule has 1 nitrogen and oxygen atoms in total. The summed E-state index contributed by atoms with van der Waals surface area (Å²) in [6.07, 6.45) is 3.04. The normalized spacial score (nSPS) is 30.4. The number of hydrogen-bond donors (Lipinski definition) is 0. The van der Waals surface area contributed by atoms with Crippen molar-refractivity contribution in [2.75, 3.05) is 0 Å². The average molecular weight is 237 g/mol. The minimum absolute atomic E-state index is 0.162. The van der Waals surface area contributed by atoms with Crippen molar-refractivity contribution in [1.82, 2.24) is 0 Å². The third-order valence-electron chi connectivity index (χ3n) is 3.77. The molecule has 0 bridgehead atoms. The zero-order valence-electron chi connectivity index (χ0n) is 9.79. The zero-order chi connectivity index (χ0) is 11.8. The summed E-state index contributed by atoms with van der Waals surface area (Å²) in [4.78, 5) is 12.3. The van der Waals surface area contributed by atoms with Crippen LogP contribution in [0, 0.1) is 5.92 Å². The van der Waals surface area contributed by atoms with Crippen LogP contribution in [0.3, 0.4) is 0 Å². The number of benzene rings is 1. The summed E-state index contributed by atoms with van der Waals surface area (Å²) in [5, 5.41) is 0.715. The first-order chi connectivity index (χ1) is 7.55. The Morgan fingerprint density at radius 1 is 1.38 bits per heavy atom. The van der Waals surface area contributed by atoms with Crippen molar-refractivity contribution in [2.24, 2.45) is 5.92 Å². The number of ketones is 1. The van der Waals surface area contributed by atoms with Gasteiger partial charge >= 0.3 is 0 Å². The predicted octanol–water partition coefficient (Wildman–Crippen LogP) is 3.99. The van der Waals surface area contributed by atoms with Crippen LogP contribution in [-0.2, 0) is 10.2 Å². The van der Waals surface area contributed by atoms with Crippen LogP contribution >= 0.6 is 11.6 Å². The molecule has 0 heterocycles. The summed E-state index contributed by atoms with van der Waals surface area (Å²) < 4.78 is 0. The number of carbonyl (C=O) groups is 1. The average Bonchev–Trinajstić information content (AvgIpc) is 2.26. The lowest BCUT2D eigenvalue weighted by Gasteiger charge is -2.36. The Morgan fingerprint density at radius 3 is 2.75 bits per heavy atom. The summed E-state index contributed by atoms with van der Waals surface area (Å²) in [5.41, 5.74) is 0.615. The monoisotopic (exact) mass is 236 g/mol. The Balaban J connectivity index is 2.45. The second kappa shape index (κ2) is 4.21. The van der Waals surface area contributed by atoms with E-state index in [4.69, 9.17) is 11.6 Å². The van der Waals surface area contributed by atoms with Gasteiger partial charge in [-0.3, -0.25) is 4.79 Å². The maximum absolute atomic E-state index is 12.3. The molecule has 0 amide bonds. The highest BCUT2D eigenvalue weighted by Crippen LogP contribution is 2.41. The van der Waals surface area contributed by atoms with Gasteiger partial charge in [0.1, 0.15) is 5.78 Å². The smallest absolute Gasteiger partial charge is 0.145 e. The summed E-state index contributed by atoms with van der Waals surface area (Å²) in [6.45, 7) is 4.06. The van der Waals surface area contributed by atoms with Crippen molar-refractivity contribution in [3.05, 3.63) is 34.9 Å². The molecule has 1 aliphatic carbocycles. The van der Waals surface area contributed by atoms with Crippen LogP contribution in [0.25, 0.3) is 0 Å². The van der Waals surface area contributed by atoms with Crippen LogP contribution in [0.1, 0.15) is 38.7 Å². The van der Waals surface area contributed by atoms with E-state index in [0.29, 0.717) is 10.8 Å². The van der Waals surface area contributed by atoms with E-state index in [0.717, 1.165) is 24.8 Å². The fourth-order valence-electron chi connectivity index (χ4n) is 2.74. The van der Waals surface area contributed by atoms with E-state index in [1.165, 1.54) is 0 Å². The molecule has 2 atom stereocenters. The number of rotatable bonds is 1. The number of carbonyl (C=O) groups excluding carboxylic acids is 1. The zero-order valence-corrected chi connectivity index (χ0v) is 10.6. The van der Waals surface area contributed by atoms with Gasteiger partial charge < -0.3 is 0 Å². The third kappa shape index (κ3) is 1.78. The fourth-order valence-corrected chi connectivity index (χ4v) is 3.08. The Morgan fingerprint density at radius 2 is 2.06 bits per heavy atom. The van der Waals surface area contributed by atoms with E-state index in [1.807, 2.05) is 38.1 Å². The Bertz CT molecular complexity index is 413. The van der Waals surface area contributed by atoms with Crippen molar-refractivity contribution in [1.29, 1.82) is 0 Å². The maximum Gasteiger partial charge on any atom is 0.145 e. The van der Waals surface area contributed by atoms with E-state index in [1.54, 1.807) is 0 Å². The van der Waals surface area contributed by atoms with Gasteiger partial charge in [-0.05, 0) is 31.4 Å². The lowest BCUT2D eigenvalue weighted by Crippen LogP contribution is -2.40. The maximum atomic E-state index is 12.3. The molecule has 0 spiro atoms. The van der Waals surface area contributed by atoms with Crippen molar-refractivity contribution >= 4 is 17.4 Å². The molecule has 1 aromatic carbocycles. The molecule has 1 fully saturated rings. The van der Waals surface area contributed by atoms with Crippen LogP contribution in [0.4, 0.5) is 0 Å². The molecule has 2 heteroatoms. The number of hydrogen-bond acceptors (Lipinski definition) is 1. The highest BCUT2D eigenvalue weighted by atomic mass is 35.5. The van der Waals surface area contributed by atoms with Crippen LogP contribution in [-0.4, -0.2) is 5.78 Å². The summed E-state index contributed by atoms with van der Waals surface area (Å²) in [5.74, 6) is 0.502. The van der Waals surface area contributed by atoms with E-state index >= 15 is 0 Å². The topological polar surface area (TPSA) is 17.1 Å². The quantitative estimate of drug-likeness (QED) is 0.721. The highest BCUT2D eigenvalue weighted by Gasteiger charge is 2.41. The summed E-state index contributed by atoms with van der Waals surface area (Å²) in [6, 6.07) is 7.72. The van der Waals surface area contributed by atoms with Crippen LogP contribution in [0.15, 0.2) is 24.3 Å².